The van der Waals surface area contributed by atoms with E-state index in [2.05, 4.69) is 22.0 Å². The highest BCUT2D eigenvalue weighted by atomic mass is 16.5. The number of carboxylic acid groups (broad SMARTS) is 1. The number of nitrogens with zero attached hydrogens (tertiary/aromatic N) is 3. The highest BCUT2D eigenvalue weighted by molar-refractivity contribution is 5.70. The van der Waals surface area contributed by atoms with Gasteiger partial charge >= 0.3 is 5.97 Å². The molecule has 2 fully saturated rings. The zero-order valence-corrected chi connectivity index (χ0v) is 12.5. The number of likely N-dealkylation sites (tertiary alicyclic amines) is 1. The van der Waals surface area contributed by atoms with Crippen LogP contribution in [0.3, 0.4) is 0 Å². The van der Waals surface area contributed by atoms with Crippen LogP contribution in [0.1, 0.15) is 56.7 Å². The van der Waals surface area contributed by atoms with Gasteiger partial charge in [0, 0.05) is 24.9 Å². The summed E-state index contributed by atoms with van der Waals surface area (Å²) in [6.45, 7) is 3.81. The van der Waals surface area contributed by atoms with E-state index in [0.717, 1.165) is 56.8 Å². The van der Waals surface area contributed by atoms with Crippen LogP contribution in [-0.4, -0.2) is 45.2 Å². The van der Waals surface area contributed by atoms with Crippen LogP contribution in [-0.2, 0) is 11.2 Å². The summed E-state index contributed by atoms with van der Waals surface area (Å²) in [5.74, 6) is 1.08. The third-order valence-corrected chi connectivity index (χ3v) is 4.74. The molecule has 3 rings (SSSR count). The predicted octanol–water partition coefficient (Wildman–Crippen LogP) is 2.06. The molecule has 1 aliphatic carbocycles. The van der Waals surface area contributed by atoms with Crippen molar-refractivity contribution in [3.63, 3.8) is 0 Å². The maximum Gasteiger partial charge on any atom is 0.307 e. The lowest BCUT2D eigenvalue weighted by atomic mass is 9.78. The maximum atomic E-state index is 11.1. The molecule has 0 radical (unpaired) electrons. The third kappa shape index (κ3) is 3.10. The van der Waals surface area contributed by atoms with Gasteiger partial charge in [0.05, 0.1) is 5.92 Å². The van der Waals surface area contributed by atoms with Crippen LogP contribution in [0, 0.1) is 5.92 Å². The lowest BCUT2D eigenvalue weighted by Crippen LogP contribution is -2.49. The van der Waals surface area contributed by atoms with Gasteiger partial charge in [0.15, 0.2) is 5.82 Å². The first-order valence-electron chi connectivity index (χ1n) is 7.96. The second-order valence-electron chi connectivity index (χ2n) is 6.29. The minimum atomic E-state index is -0.656. The first-order valence-corrected chi connectivity index (χ1v) is 7.96. The van der Waals surface area contributed by atoms with Crippen molar-refractivity contribution in [2.45, 2.75) is 57.4 Å². The maximum absolute atomic E-state index is 11.1. The van der Waals surface area contributed by atoms with Crippen LogP contribution in [0.15, 0.2) is 4.52 Å². The van der Waals surface area contributed by atoms with E-state index >= 15 is 0 Å². The van der Waals surface area contributed by atoms with Crippen LogP contribution in [0.25, 0.3) is 0 Å². The minimum absolute atomic E-state index is 0.197. The van der Waals surface area contributed by atoms with Crippen LogP contribution < -0.4 is 0 Å². The van der Waals surface area contributed by atoms with Crippen LogP contribution >= 0.6 is 0 Å². The summed E-state index contributed by atoms with van der Waals surface area (Å²) in [5, 5.41) is 13.2. The summed E-state index contributed by atoms with van der Waals surface area (Å²) in [7, 11) is 0. The average molecular weight is 293 g/mol. The van der Waals surface area contributed by atoms with Crippen LogP contribution in [0.5, 0.6) is 0 Å². The predicted molar refractivity (Wildman–Crippen MR) is 76.0 cm³/mol. The zero-order valence-electron chi connectivity index (χ0n) is 12.5. The Balaban J connectivity index is 1.51. The molecule has 1 unspecified atom stereocenters. The number of hydrogen-bond acceptors (Lipinski definition) is 5. The molecule has 116 valence electrons. The summed E-state index contributed by atoms with van der Waals surface area (Å²) in [5.41, 5.74) is 0. The summed E-state index contributed by atoms with van der Waals surface area (Å²) in [4.78, 5) is 17.9. The normalized spacial score (nSPS) is 30.0. The number of carboxylic acids is 1. The monoisotopic (exact) mass is 293 g/mol. The summed E-state index contributed by atoms with van der Waals surface area (Å²) >= 11 is 0. The van der Waals surface area contributed by atoms with Crippen molar-refractivity contribution in [3.8, 4) is 0 Å². The molecular weight excluding hydrogens is 270 g/mol. The van der Waals surface area contributed by atoms with Crippen molar-refractivity contribution < 1.29 is 14.4 Å². The van der Waals surface area contributed by atoms with E-state index in [9.17, 15) is 4.79 Å². The van der Waals surface area contributed by atoms with Crippen LogP contribution in [0.4, 0.5) is 0 Å². The highest BCUT2D eigenvalue weighted by Crippen LogP contribution is 2.40. The molecule has 6 nitrogen and oxygen atoms in total. The molecule has 0 amide bonds. The molecule has 2 heterocycles. The fourth-order valence-electron chi connectivity index (χ4n) is 3.39. The molecule has 0 spiro atoms. The van der Waals surface area contributed by atoms with Gasteiger partial charge in [-0.05, 0) is 38.6 Å². The van der Waals surface area contributed by atoms with Crippen LogP contribution in [0.2, 0.25) is 0 Å². The van der Waals surface area contributed by atoms with E-state index in [1.807, 2.05) is 0 Å². The Hall–Kier alpha value is -1.43. The average Bonchev–Trinajstić information content (AvgIpc) is 2.86. The number of hydrogen-bond donors (Lipinski definition) is 1. The second-order valence-corrected chi connectivity index (χ2v) is 6.29. The van der Waals surface area contributed by atoms with Gasteiger partial charge in [-0.1, -0.05) is 12.1 Å². The van der Waals surface area contributed by atoms with E-state index in [4.69, 9.17) is 9.63 Å². The lowest BCUT2D eigenvalue weighted by molar-refractivity contribution is -0.144. The van der Waals surface area contributed by atoms with Gasteiger partial charge in [-0.2, -0.15) is 4.98 Å². The molecule has 1 N–H and O–H groups in total. The molecule has 1 aromatic rings. The number of rotatable bonds is 5. The van der Waals surface area contributed by atoms with Gasteiger partial charge in [-0.25, -0.2) is 0 Å². The second kappa shape index (κ2) is 6.13. The largest absolute Gasteiger partial charge is 0.481 e. The van der Waals surface area contributed by atoms with Crippen molar-refractivity contribution in [1.82, 2.24) is 15.0 Å². The molecular formula is C15H23N3O3. The summed E-state index contributed by atoms with van der Waals surface area (Å²) in [6.07, 6.45) is 5.72. The molecule has 0 aromatic carbocycles. The number of aliphatic carboxylic acids is 1. The highest BCUT2D eigenvalue weighted by Gasteiger charge is 2.40. The van der Waals surface area contributed by atoms with Crippen molar-refractivity contribution in [2.75, 3.05) is 13.1 Å². The zero-order chi connectivity index (χ0) is 14.8. The molecule has 0 bridgehead atoms. The minimum Gasteiger partial charge on any atom is -0.481 e. The number of piperidine rings is 1. The van der Waals surface area contributed by atoms with Gasteiger partial charge in [-0.3, -0.25) is 9.69 Å². The molecule has 1 aliphatic heterocycles. The van der Waals surface area contributed by atoms with E-state index in [0.29, 0.717) is 18.5 Å². The molecule has 2 aliphatic rings. The molecule has 1 saturated heterocycles. The Morgan fingerprint density at radius 3 is 3.00 bits per heavy atom. The topological polar surface area (TPSA) is 79.5 Å². The molecule has 1 atom stereocenters. The van der Waals surface area contributed by atoms with E-state index in [1.54, 1.807) is 0 Å². The summed E-state index contributed by atoms with van der Waals surface area (Å²) in [6, 6.07) is 0.485. The lowest BCUT2D eigenvalue weighted by Gasteiger charge is -2.44. The first-order chi connectivity index (χ1) is 10.2. The summed E-state index contributed by atoms with van der Waals surface area (Å²) < 4.78 is 5.34. The molecule has 1 saturated carbocycles. The van der Waals surface area contributed by atoms with Crippen molar-refractivity contribution >= 4 is 5.97 Å². The van der Waals surface area contributed by atoms with E-state index in [1.165, 1.54) is 0 Å². The van der Waals surface area contributed by atoms with E-state index < -0.39 is 5.97 Å². The van der Waals surface area contributed by atoms with E-state index in [-0.39, 0.29) is 5.92 Å². The number of carbonyl (C=O) groups is 1. The Kier molecular flexibility index (Phi) is 4.24. The Labute approximate surface area is 124 Å². The SMILES string of the molecule is CCCc1noc(C2CC(N3CCCC(C(=O)O)C3)C2)n1. The quantitative estimate of drug-likeness (QED) is 0.895. The fourth-order valence-corrected chi connectivity index (χ4v) is 3.39. The van der Waals surface area contributed by atoms with Gasteiger partial charge in [-0.15, -0.1) is 0 Å². The van der Waals surface area contributed by atoms with Gasteiger partial charge in [0.1, 0.15) is 0 Å². The Morgan fingerprint density at radius 1 is 1.48 bits per heavy atom. The molecule has 6 heteroatoms. The first kappa shape index (κ1) is 14.5. The van der Waals surface area contributed by atoms with Crippen molar-refractivity contribution in [1.29, 1.82) is 0 Å². The third-order valence-electron chi connectivity index (χ3n) is 4.74. The van der Waals surface area contributed by atoms with Gasteiger partial charge in [0.2, 0.25) is 5.89 Å². The molecule has 21 heavy (non-hydrogen) atoms. The standard InChI is InChI=1S/C15H23N3O3/c1-2-4-13-16-14(21-17-13)11-7-12(8-11)18-6-3-5-10(9-18)15(19)20/h10-12H,2-9H2,1H3,(H,19,20). The Bertz CT molecular complexity index is 496. The van der Waals surface area contributed by atoms with Crippen molar-refractivity contribution in [3.05, 3.63) is 11.7 Å². The smallest absolute Gasteiger partial charge is 0.307 e. The van der Waals surface area contributed by atoms with Gasteiger partial charge in [0.25, 0.3) is 0 Å². The van der Waals surface area contributed by atoms with Crippen molar-refractivity contribution in [2.24, 2.45) is 5.92 Å². The Morgan fingerprint density at radius 2 is 2.29 bits per heavy atom. The number of aryl methyl sites for hydroxylation is 1. The number of aromatic nitrogens is 2. The fraction of sp³-hybridized carbons (Fsp3) is 0.800. The van der Waals surface area contributed by atoms with Gasteiger partial charge < -0.3 is 9.63 Å². The molecule has 1 aromatic heterocycles.